The molecule has 0 unspecified atom stereocenters. The minimum atomic E-state index is -0.406. The third-order valence-corrected chi connectivity index (χ3v) is 2.53. The summed E-state index contributed by atoms with van der Waals surface area (Å²) in [4.78, 5) is 14.4. The zero-order chi connectivity index (χ0) is 10.1. The Morgan fingerprint density at radius 1 is 1.36 bits per heavy atom. The van der Waals surface area contributed by atoms with E-state index in [1.165, 1.54) is 6.07 Å². The molecule has 0 aliphatic carbocycles. The van der Waals surface area contributed by atoms with Crippen LogP contribution >= 0.6 is 15.9 Å². The zero-order valence-electron chi connectivity index (χ0n) is 6.98. The summed E-state index contributed by atoms with van der Waals surface area (Å²) in [5, 5.41) is 11.2. The van der Waals surface area contributed by atoms with Gasteiger partial charge in [-0.25, -0.2) is 0 Å². The van der Waals surface area contributed by atoms with E-state index in [0.717, 1.165) is 4.47 Å². The lowest BCUT2D eigenvalue weighted by molar-refractivity contribution is -0.383. The quantitative estimate of drug-likeness (QED) is 0.579. The van der Waals surface area contributed by atoms with E-state index in [9.17, 15) is 10.1 Å². The molecule has 0 fully saturated rings. The van der Waals surface area contributed by atoms with Crippen molar-refractivity contribution in [1.29, 1.82) is 0 Å². The molecule has 1 heterocycles. The maximum Gasteiger partial charge on any atom is 0.278 e. The maximum atomic E-state index is 10.7. The van der Waals surface area contributed by atoms with Crippen molar-refractivity contribution < 1.29 is 4.92 Å². The van der Waals surface area contributed by atoms with Gasteiger partial charge in [0.05, 0.1) is 15.8 Å². The molecular weight excluding hydrogens is 248 g/mol. The lowest BCUT2D eigenvalue weighted by atomic mass is 10.2. The molecule has 0 saturated heterocycles. The number of fused-ring (bicyclic) bond motifs is 1. The summed E-state index contributed by atoms with van der Waals surface area (Å²) in [7, 11) is 0. The van der Waals surface area contributed by atoms with Gasteiger partial charge in [-0.3, -0.25) is 15.1 Å². The zero-order valence-corrected chi connectivity index (χ0v) is 8.56. The highest BCUT2D eigenvalue weighted by Crippen LogP contribution is 2.29. The van der Waals surface area contributed by atoms with Gasteiger partial charge in [0.2, 0.25) is 0 Å². The molecular formula is C9H5BrN2O2. The number of hydrogen-bond acceptors (Lipinski definition) is 3. The van der Waals surface area contributed by atoms with Crippen LogP contribution in [0.2, 0.25) is 0 Å². The number of nitro groups is 1. The van der Waals surface area contributed by atoms with Gasteiger partial charge in [-0.05, 0) is 34.1 Å². The van der Waals surface area contributed by atoms with Crippen LogP contribution in [0.1, 0.15) is 0 Å². The van der Waals surface area contributed by atoms with E-state index < -0.39 is 4.92 Å². The molecule has 0 radical (unpaired) electrons. The minimum absolute atomic E-state index is 0.0799. The number of nitro benzene ring substituents is 1. The third kappa shape index (κ3) is 1.35. The highest BCUT2D eigenvalue weighted by Gasteiger charge is 2.13. The first-order valence-electron chi connectivity index (χ1n) is 3.88. The molecule has 0 spiro atoms. The van der Waals surface area contributed by atoms with E-state index in [2.05, 4.69) is 20.9 Å². The van der Waals surface area contributed by atoms with E-state index >= 15 is 0 Å². The van der Waals surface area contributed by atoms with Crippen molar-refractivity contribution in [2.75, 3.05) is 0 Å². The second-order valence-electron chi connectivity index (χ2n) is 2.72. The molecule has 0 aliphatic rings. The normalized spacial score (nSPS) is 10.4. The summed E-state index contributed by atoms with van der Waals surface area (Å²) >= 11 is 3.30. The summed E-state index contributed by atoms with van der Waals surface area (Å²) in [5.74, 6) is 0. The molecule has 70 valence electrons. The Kier molecular flexibility index (Phi) is 2.17. The smallest absolute Gasteiger partial charge is 0.258 e. The van der Waals surface area contributed by atoms with Crippen LogP contribution in [-0.4, -0.2) is 9.91 Å². The number of benzene rings is 1. The molecule has 0 N–H and O–H groups in total. The van der Waals surface area contributed by atoms with Crippen LogP contribution in [-0.2, 0) is 0 Å². The van der Waals surface area contributed by atoms with Gasteiger partial charge in [0.25, 0.3) is 5.69 Å². The second kappa shape index (κ2) is 3.34. The van der Waals surface area contributed by atoms with Gasteiger partial charge in [0, 0.05) is 16.7 Å². The molecule has 14 heavy (non-hydrogen) atoms. The van der Waals surface area contributed by atoms with Gasteiger partial charge < -0.3 is 0 Å². The van der Waals surface area contributed by atoms with Crippen molar-refractivity contribution in [3.8, 4) is 0 Å². The number of aromatic nitrogens is 1. The standard InChI is InChI=1S/C9H5BrN2O2/c10-7-3-4-8(12(13)14)6-2-1-5-11-9(6)7/h1-5H. The average molecular weight is 253 g/mol. The number of rotatable bonds is 1. The molecule has 2 rings (SSSR count). The molecule has 5 heteroatoms. The van der Waals surface area contributed by atoms with Crippen LogP contribution in [0.25, 0.3) is 10.9 Å². The van der Waals surface area contributed by atoms with Crippen LogP contribution in [0.3, 0.4) is 0 Å². The predicted molar refractivity (Wildman–Crippen MR) is 56.1 cm³/mol. The van der Waals surface area contributed by atoms with E-state index in [1.807, 2.05) is 0 Å². The fourth-order valence-electron chi connectivity index (χ4n) is 1.28. The maximum absolute atomic E-state index is 10.7. The molecule has 1 aromatic carbocycles. The highest BCUT2D eigenvalue weighted by molar-refractivity contribution is 9.10. The van der Waals surface area contributed by atoms with Gasteiger partial charge in [0.15, 0.2) is 0 Å². The van der Waals surface area contributed by atoms with Crippen LogP contribution in [0.15, 0.2) is 34.9 Å². The number of halogens is 1. The molecule has 0 atom stereocenters. The monoisotopic (exact) mass is 252 g/mol. The Balaban J connectivity index is 2.88. The minimum Gasteiger partial charge on any atom is -0.258 e. The molecule has 0 saturated carbocycles. The Hall–Kier alpha value is -1.49. The van der Waals surface area contributed by atoms with Crippen molar-refractivity contribution in [3.05, 3.63) is 45.0 Å². The van der Waals surface area contributed by atoms with Crippen molar-refractivity contribution in [1.82, 2.24) is 4.98 Å². The fourth-order valence-corrected chi connectivity index (χ4v) is 1.73. The Bertz CT molecular complexity index is 513. The molecule has 1 aromatic heterocycles. The van der Waals surface area contributed by atoms with E-state index in [1.54, 1.807) is 24.4 Å². The lowest BCUT2D eigenvalue weighted by Crippen LogP contribution is -1.90. The topological polar surface area (TPSA) is 56.0 Å². The Morgan fingerprint density at radius 3 is 2.86 bits per heavy atom. The first kappa shape index (κ1) is 9.08. The van der Waals surface area contributed by atoms with Crippen LogP contribution in [0.4, 0.5) is 5.69 Å². The summed E-state index contributed by atoms with van der Waals surface area (Å²) in [6.07, 6.45) is 1.61. The van der Waals surface area contributed by atoms with Crippen molar-refractivity contribution in [2.24, 2.45) is 0 Å². The van der Waals surface area contributed by atoms with Gasteiger partial charge >= 0.3 is 0 Å². The Morgan fingerprint density at radius 2 is 2.14 bits per heavy atom. The van der Waals surface area contributed by atoms with E-state index in [-0.39, 0.29) is 5.69 Å². The summed E-state index contributed by atoms with van der Waals surface area (Å²) < 4.78 is 0.763. The number of non-ortho nitro benzene ring substituents is 1. The van der Waals surface area contributed by atoms with Gasteiger partial charge in [0.1, 0.15) is 0 Å². The first-order valence-corrected chi connectivity index (χ1v) is 4.67. The van der Waals surface area contributed by atoms with Crippen LogP contribution < -0.4 is 0 Å². The first-order chi connectivity index (χ1) is 6.70. The van der Waals surface area contributed by atoms with Gasteiger partial charge in [-0.15, -0.1) is 0 Å². The highest BCUT2D eigenvalue weighted by atomic mass is 79.9. The van der Waals surface area contributed by atoms with Crippen molar-refractivity contribution >= 4 is 32.5 Å². The van der Waals surface area contributed by atoms with Gasteiger partial charge in [-0.2, -0.15) is 0 Å². The van der Waals surface area contributed by atoms with Crippen LogP contribution in [0, 0.1) is 10.1 Å². The third-order valence-electron chi connectivity index (χ3n) is 1.89. The largest absolute Gasteiger partial charge is 0.278 e. The lowest BCUT2D eigenvalue weighted by Gasteiger charge is -1.99. The van der Waals surface area contributed by atoms with Crippen molar-refractivity contribution in [3.63, 3.8) is 0 Å². The average Bonchev–Trinajstić information content (AvgIpc) is 2.18. The summed E-state index contributed by atoms with van der Waals surface area (Å²) in [5.41, 5.74) is 0.693. The molecule has 0 bridgehead atoms. The van der Waals surface area contributed by atoms with Crippen LogP contribution in [0.5, 0.6) is 0 Å². The summed E-state index contributed by atoms with van der Waals surface area (Å²) in [6, 6.07) is 6.47. The molecule has 4 nitrogen and oxygen atoms in total. The van der Waals surface area contributed by atoms with E-state index in [0.29, 0.717) is 10.9 Å². The second-order valence-corrected chi connectivity index (χ2v) is 3.58. The van der Waals surface area contributed by atoms with Gasteiger partial charge in [-0.1, -0.05) is 0 Å². The molecule has 0 amide bonds. The fraction of sp³-hybridized carbons (Fsp3) is 0. The van der Waals surface area contributed by atoms with E-state index in [4.69, 9.17) is 0 Å². The number of hydrogen-bond donors (Lipinski definition) is 0. The van der Waals surface area contributed by atoms with Crippen molar-refractivity contribution in [2.45, 2.75) is 0 Å². The Labute approximate surface area is 87.9 Å². The molecule has 2 aromatic rings. The number of pyridine rings is 1. The number of nitrogens with zero attached hydrogens (tertiary/aromatic N) is 2. The molecule has 0 aliphatic heterocycles. The SMILES string of the molecule is O=[N+]([O-])c1ccc(Br)c2ncccc12. The predicted octanol–water partition coefficient (Wildman–Crippen LogP) is 2.91. The summed E-state index contributed by atoms with van der Waals surface area (Å²) in [6.45, 7) is 0.